The molecule has 0 saturated heterocycles. The molecule has 0 heterocycles. The van der Waals surface area contributed by atoms with Gasteiger partial charge in [0.15, 0.2) is 0 Å². The number of benzene rings is 1. The molecule has 5 heteroatoms. The molecule has 0 aliphatic heterocycles. The van der Waals surface area contributed by atoms with Crippen molar-refractivity contribution in [1.82, 2.24) is 4.90 Å². The van der Waals surface area contributed by atoms with E-state index in [-0.39, 0.29) is 12.5 Å². The maximum absolute atomic E-state index is 12.1. The van der Waals surface area contributed by atoms with Crippen LogP contribution in [0.1, 0.15) is 32.8 Å². The van der Waals surface area contributed by atoms with Crippen molar-refractivity contribution in [3.8, 4) is 0 Å². The van der Waals surface area contributed by atoms with E-state index in [0.717, 1.165) is 10.5 Å². The number of hydrogen-bond acceptors (Lipinski definition) is 3. The Morgan fingerprint density at radius 3 is 2.33 bits per heavy atom. The second-order valence-corrected chi connectivity index (χ2v) is 5.78. The maximum atomic E-state index is 12.1. The van der Waals surface area contributed by atoms with Crippen LogP contribution < -0.4 is 0 Å². The molecule has 1 amide bonds. The third-order valence-electron chi connectivity index (χ3n) is 3.49. The van der Waals surface area contributed by atoms with Gasteiger partial charge >= 0.3 is 12.1 Å². The van der Waals surface area contributed by atoms with Crippen LogP contribution in [0.5, 0.6) is 0 Å². The van der Waals surface area contributed by atoms with Crippen LogP contribution in [0.25, 0.3) is 0 Å². The van der Waals surface area contributed by atoms with Crippen molar-refractivity contribution in [2.45, 2.75) is 39.3 Å². The summed E-state index contributed by atoms with van der Waals surface area (Å²) in [5, 5.41) is 9.44. The van der Waals surface area contributed by atoms with Gasteiger partial charge in [0.05, 0.1) is 0 Å². The monoisotopic (exact) mass is 293 g/mol. The van der Waals surface area contributed by atoms with E-state index >= 15 is 0 Å². The van der Waals surface area contributed by atoms with Crippen LogP contribution in [0, 0.1) is 5.92 Å². The molecule has 0 radical (unpaired) electrons. The van der Waals surface area contributed by atoms with Gasteiger partial charge in [-0.3, -0.25) is 4.90 Å². The molecule has 1 aromatic carbocycles. The maximum Gasteiger partial charge on any atom is 0.410 e. The molecule has 0 aromatic heterocycles. The average molecular weight is 293 g/mol. The number of carbonyl (C=O) groups excluding carboxylic acids is 1. The average Bonchev–Trinajstić information content (AvgIpc) is 2.44. The largest absolute Gasteiger partial charge is 0.480 e. The van der Waals surface area contributed by atoms with Crippen LogP contribution in [0.3, 0.4) is 0 Å². The summed E-state index contributed by atoms with van der Waals surface area (Å²) in [6.45, 7) is 5.51. The molecule has 0 aliphatic rings. The number of nitrogens with zero attached hydrogens (tertiary/aromatic N) is 1. The highest BCUT2D eigenvalue weighted by Crippen LogP contribution is 2.24. The highest BCUT2D eigenvalue weighted by atomic mass is 16.6. The fourth-order valence-corrected chi connectivity index (χ4v) is 2.18. The Morgan fingerprint density at radius 2 is 1.86 bits per heavy atom. The molecule has 0 bridgehead atoms. The first-order valence-corrected chi connectivity index (χ1v) is 6.95. The Labute approximate surface area is 125 Å². The molecule has 0 saturated carbocycles. The van der Waals surface area contributed by atoms with E-state index in [0.29, 0.717) is 6.42 Å². The number of carboxylic acid groups (broad SMARTS) is 1. The SMILES string of the molecule is CC(C)C[C@@](C)(C(=O)O)N(C)C(=O)OCc1ccccc1. The normalized spacial score (nSPS) is 13.6. The van der Waals surface area contributed by atoms with Gasteiger partial charge in [0.25, 0.3) is 0 Å². The number of hydrogen-bond donors (Lipinski definition) is 1. The van der Waals surface area contributed by atoms with E-state index in [4.69, 9.17) is 4.74 Å². The Hall–Kier alpha value is -2.04. The summed E-state index contributed by atoms with van der Waals surface area (Å²) >= 11 is 0. The van der Waals surface area contributed by atoms with Crippen molar-refractivity contribution < 1.29 is 19.4 Å². The predicted octanol–water partition coefficient (Wildman–Crippen LogP) is 3.14. The summed E-state index contributed by atoms with van der Waals surface area (Å²) in [7, 11) is 1.46. The number of amides is 1. The molecule has 1 atom stereocenters. The fraction of sp³-hybridized carbons (Fsp3) is 0.500. The van der Waals surface area contributed by atoms with Gasteiger partial charge in [-0.1, -0.05) is 44.2 Å². The molecule has 1 aromatic rings. The number of carboxylic acids is 1. The van der Waals surface area contributed by atoms with Crippen LogP contribution in [-0.4, -0.2) is 34.7 Å². The smallest absolute Gasteiger partial charge is 0.410 e. The van der Waals surface area contributed by atoms with Crippen LogP contribution in [0.15, 0.2) is 30.3 Å². The van der Waals surface area contributed by atoms with Gasteiger partial charge in [0.1, 0.15) is 12.1 Å². The fourth-order valence-electron chi connectivity index (χ4n) is 2.18. The van der Waals surface area contributed by atoms with Crippen LogP contribution in [0.2, 0.25) is 0 Å². The Morgan fingerprint density at radius 1 is 1.29 bits per heavy atom. The van der Waals surface area contributed by atoms with Crippen LogP contribution in [-0.2, 0) is 16.1 Å². The van der Waals surface area contributed by atoms with Gasteiger partial charge in [0, 0.05) is 7.05 Å². The molecular formula is C16H23NO4. The minimum Gasteiger partial charge on any atom is -0.480 e. The van der Waals surface area contributed by atoms with Crippen LogP contribution in [0.4, 0.5) is 4.79 Å². The summed E-state index contributed by atoms with van der Waals surface area (Å²) < 4.78 is 5.19. The molecule has 1 rings (SSSR count). The molecule has 0 aliphatic carbocycles. The second kappa shape index (κ2) is 7.11. The molecule has 1 N–H and O–H groups in total. The standard InChI is InChI=1S/C16H23NO4/c1-12(2)10-16(3,14(18)19)17(4)15(20)21-11-13-8-6-5-7-9-13/h5-9,12H,10-11H2,1-4H3,(H,18,19)/t16-/m0/s1. The summed E-state index contributed by atoms with van der Waals surface area (Å²) in [4.78, 5) is 24.8. The van der Waals surface area contributed by atoms with Crippen LogP contribution >= 0.6 is 0 Å². The van der Waals surface area contributed by atoms with Crippen molar-refractivity contribution in [3.63, 3.8) is 0 Å². The van der Waals surface area contributed by atoms with Gasteiger partial charge in [-0.2, -0.15) is 0 Å². The van der Waals surface area contributed by atoms with E-state index in [9.17, 15) is 14.7 Å². The number of carbonyl (C=O) groups is 2. The third-order valence-corrected chi connectivity index (χ3v) is 3.49. The van der Waals surface area contributed by atoms with Crippen molar-refractivity contribution in [3.05, 3.63) is 35.9 Å². The van der Waals surface area contributed by atoms with Crippen molar-refractivity contribution in [1.29, 1.82) is 0 Å². The molecule has 0 spiro atoms. The van der Waals surface area contributed by atoms with E-state index in [1.54, 1.807) is 6.92 Å². The van der Waals surface area contributed by atoms with Crippen molar-refractivity contribution >= 4 is 12.1 Å². The predicted molar refractivity (Wildman–Crippen MR) is 79.9 cm³/mol. The van der Waals surface area contributed by atoms with Gasteiger partial charge in [-0.05, 0) is 24.8 Å². The van der Waals surface area contributed by atoms with Gasteiger partial charge in [0.2, 0.25) is 0 Å². The first kappa shape index (κ1) is 17.0. The number of rotatable bonds is 6. The minimum absolute atomic E-state index is 0.126. The summed E-state index contributed by atoms with van der Waals surface area (Å²) in [5.41, 5.74) is -0.415. The quantitative estimate of drug-likeness (QED) is 0.875. The summed E-state index contributed by atoms with van der Waals surface area (Å²) in [5.74, 6) is -0.883. The van der Waals surface area contributed by atoms with E-state index < -0.39 is 17.6 Å². The molecule has 116 valence electrons. The van der Waals surface area contributed by atoms with Gasteiger partial charge in [-0.15, -0.1) is 0 Å². The zero-order valence-electron chi connectivity index (χ0n) is 13.0. The first-order valence-electron chi connectivity index (χ1n) is 6.95. The second-order valence-electron chi connectivity index (χ2n) is 5.78. The summed E-state index contributed by atoms with van der Waals surface area (Å²) in [6.07, 6.45) is -0.274. The molecule has 5 nitrogen and oxygen atoms in total. The minimum atomic E-state index is -1.28. The Kier molecular flexibility index (Phi) is 5.76. The lowest BCUT2D eigenvalue weighted by Gasteiger charge is -2.35. The van der Waals surface area contributed by atoms with Gasteiger partial charge < -0.3 is 9.84 Å². The van der Waals surface area contributed by atoms with E-state index in [1.165, 1.54) is 7.05 Å². The highest BCUT2D eigenvalue weighted by molar-refractivity contribution is 5.83. The topological polar surface area (TPSA) is 66.8 Å². The van der Waals surface area contributed by atoms with Gasteiger partial charge in [-0.25, -0.2) is 9.59 Å². The molecular weight excluding hydrogens is 270 g/mol. The Balaban J connectivity index is 2.72. The number of ether oxygens (including phenoxy) is 1. The number of aliphatic carboxylic acids is 1. The number of likely N-dealkylation sites (N-methyl/N-ethyl adjacent to an activating group) is 1. The van der Waals surface area contributed by atoms with Crippen molar-refractivity contribution in [2.24, 2.45) is 5.92 Å². The molecule has 21 heavy (non-hydrogen) atoms. The molecule has 0 fully saturated rings. The lowest BCUT2D eigenvalue weighted by molar-refractivity contribution is -0.149. The lowest BCUT2D eigenvalue weighted by Crippen LogP contribution is -2.54. The van der Waals surface area contributed by atoms with E-state index in [1.807, 2.05) is 44.2 Å². The summed E-state index contributed by atoms with van der Waals surface area (Å²) in [6, 6.07) is 9.27. The highest BCUT2D eigenvalue weighted by Gasteiger charge is 2.41. The lowest BCUT2D eigenvalue weighted by atomic mass is 9.89. The van der Waals surface area contributed by atoms with E-state index in [2.05, 4.69) is 0 Å². The molecule has 0 unspecified atom stereocenters. The first-order chi connectivity index (χ1) is 9.77. The van der Waals surface area contributed by atoms with Crippen molar-refractivity contribution in [2.75, 3.05) is 7.05 Å². The Bertz CT molecular complexity index is 486. The third kappa shape index (κ3) is 4.48. The zero-order valence-corrected chi connectivity index (χ0v) is 13.0. The zero-order chi connectivity index (χ0) is 16.0.